The molecule has 0 fully saturated rings. The van der Waals surface area contributed by atoms with Crippen molar-refractivity contribution < 1.29 is 14.3 Å². The van der Waals surface area contributed by atoms with Crippen LogP contribution in [0.15, 0.2) is 48.0 Å². The second-order valence-corrected chi connectivity index (χ2v) is 5.56. The summed E-state index contributed by atoms with van der Waals surface area (Å²) in [5, 5.41) is 12.1. The first-order valence-corrected chi connectivity index (χ1v) is 8.46. The molecule has 0 unspecified atom stereocenters. The standard InChI is InChI=1S/C21H22N2O3/c1-4-25-19-11-8-16(13-20(19)26-5-2)12-17(14-22)21(24)23-18-9-6-15(3)7-10-18/h6-13H,4-5H2,1-3H3,(H,23,24)/b17-12-. The van der Waals surface area contributed by atoms with E-state index in [1.54, 1.807) is 30.3 Å². The number of anilines is 1. The van der Waals surface area contributed by atoms with Crippen LogP contribution in [-0.4, -0.2) is 19.1 Å². The molecule has 0 aromatic heterocycles. The number of aryl methyl sites for hydroxylation is 1. The van der Waals surface area contributed by atoms with E-state index in [2.05, 4.69) is 5.32 Å². The van der Waals surface area contributed by atoms with E-state index in [-0.39, 0.29) is 5.57 Å². The van der Waals surface area contributed by atoms with Gasteiger partial charge in [-0.1, -0.05) is 23.8 Å². The number of nitrogens with one attached hydrogen (secondary N) is 1. The zero-order valence-electron chi connectivity index (χ0n) is 15.2. The second-order valence-electron chi connectivity index (χ2n) is 5.56. The number of amides is 1. The molecule has 2 aromatic carbocycles. The SMILES string of the molecule is CCOc1ccc(/C=C(/C#N)C(=O)Nc2ccc(C)cc2)cc1OCC. The summed E-state index contributed by atoms with van der Waals surface area (Å²) in [5.41, 5.74) is 2.44. The van der Waals surface area contributed by atoms with Crippen LogP contribution in [0.25, 0.3) is 6.08 Å². The van der Waals surface area contributed by atoms with Crippen molar-refractivity contribution in [1.29, 1.82) is 5.26 Å². The number of hydrogen-bond acceptors (Lipinski definition) is 4. The molecule has 26 heavy (non-hydrogen) atoms. The van der Waals surface area contributed by atoms with Gasteiger partial charge < -0.3 is 14.8 Å². The quantitative estimate of drug-likeness (QED) is 0.596. The van der Waals surface area contributed by atoms with Gasteiger partial charge in [0, 0.05) is 5.69 Å². The van der Waals surface area contributed by atoms with E-state index in [9.17, 15) is 10.1 Å². The molecule has 5 heteroatoms. The molecule has 2 aromatic rings. The molecule has 0 saturated heterocycles. The fraction of sp³-hybridized carbons (Fsp3) is 0.238. The zero-order chi connectivity index (χ0) is 18.9. The molecule has 134 valence electrons. The fourth-order valence-corrected chi connectivity index (χ4v) is 2.31. The molecule has 0 bridgehead atoms. The molecule has 1 amide bonds. The van der Waals surface area contributed by atoms with E-state index in [1.165, 1.54) is 6.08 Å². The molecular formula is C21H22N2O3. The van der Waals surface area contributed by atoms with Gasteiger partial charge in [0.2, 0.25) is 0 Å². The Morgan fingerprint density at radius 1 is 1.08 bits per heavy atom. The van der Waals surface area contributed by atoms with Gasteiger partial charge in [-0.2, -0.15) is 5.26 Å². The average molecular weight is 350 g/mol. The van der Waals surface area contributed by atoms with Gasteiger partial charge in [-0.3, -0.25) is 4.79 Å². The number of nitriles is 1. The Hall–Kier alpha value is -3.26. The van der Waals surface area contributed by atoms with E-state index in [0.29, 0.717) is 36.0 Å². The number of carbonyl (C=O) groups is 1. The number of benzene rings is 2. The minimum atomic E-state index is -0.455. The van der Waals surface area contributed by atoms with E-state index >= 15 is 0 Å². The minimum absolute atomic E-state index is 0.0113. The van der Waals surface area contributed by atoms with Gasteiger partial charge in [-0.25, -0.2) is 0 Å². The lowest BCUT2D eigenvalue weighted by Gasteiger charge is -2.11. The summed E-state index contributed by atoms with van der Waals surface area (Å²) in [6.07, 6.45) is 1.53. The Morgan fingerprint density at radius 3 is 2.35 bits per heavy atom. The Morgan fingerprint density at radius 2 is 1.73 bits per heavy atom. The molecule has 0 saturated carbocycles. The number of hydrogen-bond donors (Lipinski definition) is 1. The van der Waals surface area contributed by atoms with Crippen molar-refractivity contribution in [3.05, 3.63) is 59.2 Å². The molecule has 0 atom stereocenters. The molecule has 0 heterocycles. The highest BCUT2D eigenvalue weighted by atomic mass is 16.5. The second kappa shape index (κ2) is 9.28. The van der Waals surface area contributed by atoms with Gasteiger partial charge >= 0.3 is 0 Å². The van der Waals surface area contributed by atoms with Crippen molar-refractivity contribution >= 4 is 17.7 Å². The Kier molecular flexibility index (Phi) is 6.81. The summed E-state index contributed by atoms with van der Waals surface area (Å²) in [7, 11) is 0. The van der Waals surface area contributed by atoms with Crippen LogP contribution in [0.5, 0.6) is 11.5 Å². The van der Waals surface area contributed by atoms with Crippen LogP contribution < -0.4 is 14.8 Å². The van der Waals surface area contributed by atoms with Gasteiger partial charge in [-0.05, 0) is 56.7 Å². The molecule has 2 rings (SSSR count). The highest BCUT2D eigenvalue weighted by Gasteiger charge is 2.11. The lowest BCUT2D eigenvalue weighted by atomic mass is 10.1. The van der Waals surface area contributed by atoms with Crippen molar-refractivity contribution in [2.45, 2.75) is 20.8 Å². The summed E-state index contributed by atoms with van der Waals surface area (Å²) in [6, 6.07) is 14.6. The van der Waals surface area contributed by atoms with Crippen molar-refractivity contribution in [3.8, 4) is 17.6 Å². The lowest BCUT2D eigenvalue weighted by molar-refractivity contribution is -0.112. The third-order valence-corrected chi connectivity index (χ3v) is 3.55. The Bertz CT molecular complexity index is 833. The zero-order valence-corrected chi connectivity index (χ0v) is 15.2. The van der Waals surface area contributed by atoms with E-state index < -0.39 is 5.91 Å². The fourth-order valence-electron chi connectivity index (χ4n) is 2.31. The van der Waals surface area contributed by atoms with Gasteiger partial charge in [-0.15, -0.1) is 0 Å². The van der Waals surface area contributed by atoms with Crippen LogP contribution >= 0.6 is 0 Å². The van der Waals surface area contributed by atoms with Crippen molar-refractivity contribution in [3.63, 3.8) is 0 Å². The van der Waals surface area contributed by atoms with E-state index in [1.807, 2.05) is 39.0 Å². The predicted octanol–water partition coefficient (Wildman–Crippen LogP) is 4.34. The first-order chi connectivity index (χ1) is 12.6. The topological polar surface area (TPSA) is 71.3 Å². The highest BCUT2D eigenvalue weighted by Crippen LogP contribution is 2.29. The maximum atomic E-state index is 12.4. The summed E-state index contributed by atoms with van der Waals surface area (Å²) < 4.78 is 11.1. The van der Waals surface area contributed by atoms with Crippen LogP contribution in [0.4, 0.5) is 5.69 Å². The van der Waals surface area contributed by atoms with Gasteiger partial charge in [0.1, 0.15) is 11.6 Å². The largest absolute Gasteiger partial charge is 0.490 e. The number of nitrogens with zero attached hydrogens (tertiary/aromatic N) is 1. The monoisotopic (exact) mass is 350 g/mol. The third-order valence-electron chi connectivity index (χ3n) is 3.55. The molecule has 5 nitrogen and oxygen atoms in total. The molecule has 0 aliphatic heterocycles. The first kappa shape index (κ1) is 19.1. The minimum Gasteiger partial charge on any atom is -0.490 e. The highest BCUT2D eigenvalue weighted by molar-refractivity contribution is 6.09. The van der Waals surface area contributed by atoms with E-state index in [0.717, 1.165) is 5.56 Å². The van der Waals surface area contributed by atoms with Crippen molar-refractivity contribution in [1.82, 2.24) is 0 Å². The van der Waals surface area contributed by atoms with E-state index in [4.69, 9.17) is 9.47 Å². The number of rotatable bonds is 7. The van der Waals surface area contributed by atoms with Crippen molar-refractivity contribution in [2.24, 2.45) is 0 Å². The summed E-state index contributed by atoms with van der Waals surface area (Å²) in [4.78, 5) is 12.4. The van der Waals surface area contributed by atoms with Gasteiger partial charge in [0.25, 0.3) is 5.91 Å². The third kappa shape index (κ3) is 5.12. The van der Waals surface area contributed by atoms with Crippen LogP contribution in [0.2, 0.25) is 0 Å². The molecule has 1 N–H and O–H groups in total. The van der Waals surface area contributed by atoms with Crippen LogP contribution in [0.1, 0.15) is 25.0 Å². The van der Waals surface area contributed by atoms with Crippen molar-refractivity contribution in [2.75, 3.05) is 18.5 Å². The number of carbonyl (C=O) groups excluding carboxylic acids is 1. The number of ether oxygens (including phenoxy) is 2. The Balaban J connectivity index is 2.24. The Labute approximate surface area is 153 Å². The smallest absolute Gasteiger partial charge is 0.266 e. The molecule has 0 aliphatic carbocycles. The predicted molar refractivity (Wildman–Crippen MR) is 102 cm³/mol. The summed E-state index contributed by atoms with van der Waals surface area (Å²) >= 11 is 0. The maximum Gasteiger partial charge on any atom is 0.266 e. The normalized spacial score (nSPS) is 10.8. The van der Waals surface area contributed by atoms with Crippen LogP contribution in [0, 0.1) is 18.3 Å². The lowest BCUT2D eigenvalue weighted by Crippen LogP contribution is -2.13. The molecule has 0 spiro atoms. The summed E-state index contributed by atoms with van der Waals surface area (Å²) in [5.74, 6) is 0.761. The molecular weight excluding hydrogens is 328 g/mol. The summed E-state index contributed by atoms with van der Waals surface area (Å²) in [6.45, 7) is 6.76. The average Bonchev–Trinajstić information content (AvgIpc) is 2.64. The maximum absolute atomic E-state index is 12.4. The van der Waals surface area contributed by atoms with Gasteiger partial charge in [0.05, 0.1) is 13.2 Å². The van der Waals surface area contributed by atoms with Crippen LogP contribution in [0.3, 0.4) is 0 Å². The van der Waals surface area contributed by atoms with Gasteiger partial charge in [0.15, 0.2) is 11.5 Å². The first-order valence-electron chi connectivity index (χ1n) is 8.46. The molecule has 0 radical (unpaired) electrons. The molecule has 0 aliphatic rings. The van der Waals surface area contributed by atoms with Crippen LogP contribution in [-0.2, 0) is 4.79 Å².